The summed E-state index contributed by atoms with van der Waals surface area (Å²) in [5.41, 5.74) is 0.304. The number of ether oxygens (including phenoxy) is 1. The molecule has 0 fully saturated rings. The first-order valence-electron chi connectivity index (χ1n) is 10.2. The van der Waals surface area contributed by atoms with Crippen molar-refractivity contribution in [2.75, 3.05) is 7.11 Å². The smallest absolute Gasteiger partial charge is 0.325 e. The zero-order valence-electron chi connectivity index (χ0n) is 17.6. The summed E-state index contributed by atoms with van der Waals surface area (Å²) in [7, 11) is 1.55. The van der Waals surface area contributed by atoms with Crippen LogP contribution >= 0.6 is 0 Å². The van der Waals surface area contributed by atoms with Crippen LogP contribution in [-0.2, 0) is 11.2 Å². The topological polar surface area (TPSA) is 83.2 Å². The Bertz CT molecular complexity index is 1290. The maximum absolute atomic E-state index is 12.9. The van der Waals surface area contributed by atoms with Crippen LogP contribution in [-0.4, -0.2) is 23.2 Å². The second kappa shape index (κ2) is 8.91. The van der Waals surface area contributed by atoms with E-state index in [4.69, 9.17) is 4.74 Å². The maximum atomic E-state index is 12.9. The number of rotatable bonds is 7. The summed E-state index contributed by atoms with van der Waals surface area (Å²) in [5, 5.41) is 22.9. The van der Waals surface area contributed by atoms with Gasteiger partial charge in [-0.05, 0) is 34.0 Å². The van der Waals surface area contributed by atoms with E-state index in [-0.39, 0.29) is 6.42 Å². The molecule has 5 nitrogen and oxygen atoms in total. The number of pyridine rings is 1. The predicted molar refractivity (Wildman–Crippen MR) is 122 cm³/mol. The maximum Gasteiger partial charge on any atom is 0.325 e. The third-order valence-electron chi connectivity index (χ3n) is 5.86. The first-order valence-corrected chi connectivity index (χ1v) is 10.2. The van der Waals surface area contributed by atoms with E-state index in [0.717, 1.165) is 16.3 Å². The van der Waals surface area contributed by atoms with E-state index in [1.165, 1.54) is 0 Å². The van der Waals surface area contributed by atoms with E-state index in [2.05, 4.69) is 11.1 Å². The summed E-state index contributed by atoms with van der Waals surface area (Å²) < 4.78 is 5.61. The third-order valence-corrected chi connectivity index (χ3v) is 5.86. The Morgan fingerprint density at radius 3 is 2.47 bits per heavy atom. The van der Waals surface area contributed by atoms with E-state index in [1.807, 2.05) is 60.7 Å². The molecule has 0 unspecified atom stereocenters. The normalized spacial score (nSPS) is 13.6. The van der Waals surface area contributed by atoms with Gasteiger partial charge < -0.3 is 9.84 Å². The van der Waals surface area contributed by atoms with E-state index >= 15 is 0 Å². The summed E-state index contributed by atoms with van der Waals surface area (Å²) in [6, 6.07) is 26.6. The Morgan fingerprint density at radius 1 is 1.03 bits per heavy atom. The zero-order valence-corrected chi connectivity index (χ0v) is 17.6. The van der Waals surface area contributed by atoms with Crippen molar-refractivity contribution in [1.82, 2.24) is 4.98 Å². The number of para-hydroxylation sites is 1. The first-order chi connectivity index (χ1) is 15.6. The Kier molecular flexibility index (Phi) is 5.87. The Labute approximate surface area is 186 Å². The number of aliphatic carboxylic acids is 1. The molecule has 4 aromatic rings. The number of methoxy groups -OCH3 is 1. The van der Waals surface area contributed by atoms with Crippen molar-refractivity contribution in [3.05, 3.63) is 108 Å². The molecule has 0 saturated heterocycles. The Hall–Kier alpha value is -4.17. The highest BCUT2D eigenvalue weighted by atomic mass is 16.5. The average Bonchev–Trinajstić information content (AvgIpc) is 2.84. The van der Waals surface area contributed by atoms with Crippen LogP contribution in [0.25, 0.3) is 10.8 Å². The lowest BCUT2D eigenvalue weighted by molar-refractivity contribution is -0.146. The second-order valence-corrected chi connectivity index (χ2v) is 7.67. The zero-order chi connectivity index (χ0) is 22.6. The van der Waals surface area contributed by atoms with E-state index in [1.54, 1.807) is 37.7 Å². The summed E-state index contributed by atoms with van der Waals surface area (Å²) in [6.45, 7) is 0. The van der Waals surface area contributed by atoms with Gasteiger partial charge in [0, 0.05) is 30.3 Å². The van der Waals surface area contributed by atoms with Crippen molar-refractivity contribution >= 4 is 16.7 Å². The number of nitriles is 1. The molecule has 0 amide bonds. The van der Waals surface area contributed by atoms with Crippen LogP contribution in [0.2, 0.25) is 0 Å². The lowest BCUT2D eigenvalue weighted by atomic mass is 9.65. The summed E-state index contributed by atoms with van der Waals surface area (Å²) in [6.07, 6.45) is 3.23. The van der Waals surface area contributed by atoms with Crippen LogP contribution in [0.5, 0.6) is 5.75 Å². The molecule has 0 aliphatic heterocycles. The fraction of sp³-hybridized carbons (Fsp3) is 0.148. The van der Waals surface area contributed by atoms with Crippen LogP contribution in [0.3, 0.4) is 0 Å². The second-order valence-electron chi connectivity index (χ2n) is 7.67. The molecule has 1 aromatic heterocycles. The predicted octanol–water partition coefficient (Wildman–Crippen LogP) is 5.21. The van der Waals surface area contributed by atoms with E-state index in [9.17, 15) is 15.2 Å². The number of benzene rings is 3. The lowest BCUT2D eigenvalue weighted by Crippen LogP contribution is -2.39. The quantitative estimate of drug-likeness (QED) is 0.442. The van der Waals surface area contributed by atoms with Crippen molar-refractivity contribution in [3.8, 4) is 11.8 Å². The minimum atomic E-state index is -1.79. The van der Waals surface area contributed by atoms with Crippen LogP contribution in [0, 0.1) is 16.7 Å². The molecule has 0 bridgehead atoms. The molecular formula is C27H22N2O3. The number of nitrogens with zero attached hydrogens (tertiary/aromatic N) is 2. The first kappa shape index (κ1) is 21.1. The monoisotopic (exact) mass is 422 g/mol. The van der Waals surface area contributed by atoms with Crippen molar-refractivity contribution in [2.45, 2.75) is 12.3 Å². The van der Waals surface area contributed by atoms with Gasteiger partial charge in [0.15, 0.2) is 5.41 Å². The highest BCUT2D eigenvalue weighted by Gasteiger charge is 2.49. The van der Waals surface area contributed by atoms with Gasteiger partial charge in [-0.3, -0.25) is 9.78 Å². The molecule has 3 aromatic carbocycles. The van der Waals surface area contributed by atoms with Gasteiger partial charge in [0.1, 0.15) is 5.75 Å². The number of carboxylic acids is 1. The highest BCUT2D eigenvalue weighted by molar-refractivity contribution is 5.89. The SMILES string of the molecule is COc1ccccc1[C@@H](c1cccc2ccccc12)[C@@](C#N)(Cc1cccnc1)C(=O)O. The third kappa shape index (κ3) is 3.67. The van der Waals surface area contributed by atoms with E-state index < -0.39 is 17.3 Å². The van der Waals surface area contributed by atoms with Crippen molar-refractivity contribution in [1.29, 1.82) is 5.26 Å². The summed E-state index contributed by atoms with van der Waals surface area (Å²) in [4.78, 5) is 17.0. The van der Waals surface area contributed by atoms with Gasteiger partial charge in [-0.25, -0.2) is 0 Å². The van der Waals surface area contributed by atoms with Crippen LogP contribution in [0.15, 0.2) is 91.3 Å². The summed E-state index contributed by atoms with van der Waals surface area (Å²) >= 11 is 0. The van der Waals surface area contributed by atoms with Crippen LogP contribution in [0.1, 0.15) is 22.6 Å². The molecule has 1 heterocycles. The van der Waals surface area contributed by atoms with Gasteiger partial charge in [-0.1, -0.05) is 66.7 Å². The molecular weight excluding hydrogens is 400 g/mol. The number of carboxylic acid groups (broad SMARTS) is 1. The van der Waals surface area contributed by atoms with Crippen molar-refractivity contribution < 1.29 is 14.6 Å². The van der Waals surface area contributed by atoms with E-state index in [0.29, 0.717) is 16.9 Å². The van der Waals surface area contributed by atoms with Crippen LogP contribution < -0.4 is 4.74 Å². The molecule has 158 valence electrons. The summed E-state index contributed by atoms with van der Waals surface area (Å²) in [5.74, 6) is -1.43. The minimum Gasteiger partial charge on any atom is -0.496 e. The molecule has 0 radical (unpaired) electrons. The average molecular weight is 422 g/mol. The van der Waals surface area contributed by atoms with Gasteiger partial charge >= 0.3 is 5.97 Å². The van der Waals surface area contributed by atoms with Gasteiger partial charge in [0.25, 0.3) is 0 Å². The molecule has 32 heavy (non-hydrogen) atoms. The standard InChI is InChI=1S/C27H22N2O3/c1-32-24-14-5-4-12-23(24)25(22-13-6-10-20-9-2-3-11-21(20)22)27(18-28,26(30)31)16-19-8-7-15-29-17-19/h2-15,17,25H,16H2,1H3,(H,30,31)/t25-,27+/m1/s1. The molecule has 1 N–H and O–H groups in total. The fourth-order valence-electron chi connectivity index (χ4n) is 4.38. The lowest BCUT2D eigenvalue weighted by Gasteiger charge is -2.34. The largest absolute Gasteiger partial charge is 0.496 e. The molecule has 0 aliphatic carbocycles. The van der Waals surface area contributed by atoms with Gasteiger partial charge in [-0.2, -0.15) is 5.26 Å². The highest BCUT2D eigenvalue weighted by Crippen LogP contribution is 2.48. The number of hydrogen-bond acceptors (Lipinski definition) is 4. The number of hydrogen-bond donors (Lipinski definition) is 1. The van der Waals surface area contributed by atoms with Crippen molar-refractivity contribution in [3.63, 3.8) is 0 Å². The fourth-order valence-corrected chi connectivity index (χ4v) is 4.38. The Balaban J connectivity index is 2.06. The number of carbonyl (C=O) groups is 1. The minimum absolute atomic E-state index is 0.00138. The van der Waals surface area contributed by atoms with Crippen molar-refractivity contribution in [2.24, 2.45) is 5.41 Å². The number of aromatic nitrogens is 1. The number of fused-ring (bicyclic) bond motifs is 1. The molecule has 0 aliphatic rings. The molecule has 0 saturated carbocycles. The Morgan fingerprint density at radius 2 is 1.75 bits per heavy atom. The molecule has 0 spiro atoms. The van der Waals surface area contributed by atoms with Crippen LogP contribution in [0.4, 0.5) is 0 Å². The molecule has 2 atom stereocenters. The molecule has 5 heteroatoms. The molecule has 4 rings (SSSR count). The van der Waals surface area contributed by atoms with Gasteiger partial charge in [-0.15, -0.1) is 0 Å². The van der Waals surface area contributed by atoms with Gasteiger partial charge in [0.05, 0.1) is 13.2 Å². The van der Waals surface area contributed by atoms with Gasteiger partial charge in [0.2, 0.25) is 0 Å².